The predicted molar refractivity (Wildman–Crippen MR) is 136 cm³/mol. The van der Waals surface area contributed by atoms with Crippen molar-refractivity contribution in [3.05, 3.63) is 96.3 Å². The van der Waals surface area contributed by atoms with Crippen molar-refractivity contribution in [2.75, 3.05) is 32.1 Å². The van der Waals surface area contributed by atoms with Gasteiger partial charge >= 0.3 is 0 Å². The summed E-state index contributed by atoms with van der Waals surface area (Å²) >= 11 is 0. The molecule has 1 saturated heterocycles. The zero-order valence-electron chi connectivity index (χ0n) is 19.2. The molecule has 3 nitrogen and oxygen atoms in total. The SMILES string of the molecule is CN(C)c1ccc(CN2CCC(Cc3ccc(-n4cccc4)cc3)CC2)c2ccccc12. The third-order valence-electron chi connectivity index (χ3n) is 6.94. The quantitative estimate of drug-likeness (QED) is 0.368. The first kappa shape index (κ1) is 20.8. The summed E-state index contributed by atoms with van der Waals surface area (Å²) in [6.07, 6.45) is 7.96. The molecule has 164 valence electrons. The molecule has 2 heterocycles. The summed E-state index contributed by atoms with van der Waals surface area (Å²) in [5.41, 5.74) is 5.45. The van der Waals surface area contributed by atoms with Crippen LogP contribution in [0.15, 0.2) is 85.2 Å². The van der Waals surface area contributed by atoms with Crippen molar-refractivity contribution in [2.45, 2.75) is 25.8 Å². The Hall–Kier alpha value is -3.04. The Balaban J connectivity index is 1.20. The summed E-state index contributed by atoms with van der Waals surface area (Å²) in [5, 5.41) is 2.75. The molecule has 1 fully saturated rings. The summed E-state index contributed by atoms with van der Waals surface area (Å²) in [5.74, 6) is 0.788. The van der Waals surface area contributed by atoms with Crippen LogP contribution in [-0.2, 0) is 13.0 Å². The lowest BCUT2D eigenvalue weighted by atomic mass is 9.89. The Morgan fingerprint density at radius 3 is 2.16 bits per heavy atom. The molecule has 1 aromatic heterocycles. The van der Waals surface area contributed by atoms with Gasteiger partial charge in [0.25, 0.3) is 0 Å². The zero-order valence-corrected chi connectivity index (χ0v) is 19.2. The number of anilines is 1. The van der Waals surface area contributed by atoms with E-state index >= 15 is 0 Å². The van der Waals surface area contributed by atoms with Gasteiger partial charge < -0.3 is 9.47 Å². The maximum Gasteiger partial charge on any atom is 0.0449 e. The summed E-state index contributed by atoms with van der Waals surface area (Å²) in [7, 11) is 4.25. The van der Waals surface area contributed by atoms with Gasteiger partial charge in [0.1, 0.15) is 0 Å². The lowest BCUT2D eigenvalue weighted by Gasteiger charge is -2.32. The van der Waals surface area contributed by atoms with Crippen LogP contribution in [0.4, 0.5) is 5.69 Å². The minimum atomic E-state index is 0.788. The molecule has 3 heteroatoms. The Morgan fingerprint density at radius 1 is 0.781 bits per heavy atom. The largest absolute Gasteiger partial charge is 0.377 e. The van der Waals surface area contributed by atoms with Crippen LogP contribution in [0.25, 0.3) is 16.5 Å². The van der Waals surface area contributed by atoms with E-state index in [1.165, 1.54) is 65.6 Å². The minimum Gasteiger partial charge on any atom is -0.377 e. The molecule has 0 aliphatic carbocycles. The number of hydrogen-bond donors (Lipinski definition) is 0. The summed E-state index contributed by atoms with van der Waals surface area (Å²) < 4.78 is 2.16. The first-order chi connectivity index (χ1) is 15.7. The molecule has 1 aliphatic rings. The molecule has 5 rings (SSSR count). The smallest absolute Gasteiger partial charge is 0.0449 e. The van der Waals surface area contributed by atoms with Gasteiger partial charge in [-0.15, -0.1) is 0 Å². The lowest BCUT2D eigenvalue weighted by molar-refractivity contribution is 0.177. The van der Waals surface area contributed by atoms with Crippen LogP contribution in [0.3, 0.4) is 0 Å². The van der Waals surface area contributed by atoms with Crippen LogP contribution in [0.1, 0.15) is 24.0 Å². The Labute approximate surface area is 191 Å². The first-order valence-corrected chi connectivity index (χ1v) is 11.8. The lowest BCUT2D eigenvalue weighted by Crippen LogP contribution is -2.33. The fourth-order valence-electron chi connectivity index (χ4n) is 5.11. The third-order valence-corrected chi connectivity index (χ3v) is 6.94. The molecule has 0 N–H and O–H groups in total. The first-order valence-electron chi connectivity index (χ1n) is 11.8. The number of fused-ring (bicyclic) bond motifs is 1. The van der Waals surface area contributed by atoms with E-state index in [1.54, 1.807) is 0 Å². The van der Waals surface area contributed by atoms with E-state index < -0.39 is 0 Å². The summed E-state index contributed by atoms with van der Waals surface area (Å²) in [6, 6.07) is 26.7. The van der Waals surface area contributed by atoms with Crippen molar-refractivity contribution < 1.29 is 0 Å². The van der Waals surface area contributed by atoms with Crippen LogP contribution in [0.2, 0.25) is 0 Å². The number of aromatic nitrogens is 1. The van der Waals surface area contributed by atoms with Gasteiger partial charge in [-0.2, -0.15) is 0 Å². The van der Waals surface area contributed by atoms with E-state index in [-0.39, 0.29) is 0 Å². The van der Waals surface area contributed by atoms with E-state index in [4.69, 9.17) is 0 Å². The van der Waals surface area contributed by atoms with E-state index in [0.717, 1.165) is 12.5 Å². The Kier molecular flexibility index (Phi) is 6.00. The number of benzene rings is 3. The van der Waals surface area contributed by atoms with Gasteiger partial charge in [0, 0.05) is 49.8 Å². The van der Waals surface area contributed by atoms with E-state index in [1.807, 2.05) is 0 Å². The van der Waals surface area contributed by atoms with E-state index in [2.05, 4.69) is 114 Å². The fourth-order valence-corrected chi connectivity index (χ4v) is 5.11. The molecule has 0 unspecified atom stereocenters. The maximum atomic E-state index is 2.64. The number of hydrogen-bond acceptors (Lipinski definition) is 2. The average molecular weight is 424 g/mol. The van der Waals surface area contributed by atoms with Gasteiger partial charge in [-0.05, 0) is 85.1 Å². The molecule has 0 saturated carbocycles. The van der Waals surface area contributed by atoms with Gasteiger partial charge in [-0.3, -0.25) is 4.90 Å². The predicted octanol–water partition coefficient (Wildman–Crippen LogP) is 6.15. The molecule has 0 spiro atoms. The van der Waals surface area contributed by atoms with Crippen molar-refractivity contribution in [1.29, 1.82) is 0 Å². The molecule has 3 aromatic carbocycles. The number of piperidine rings is 1. The molecule has 32 heavy (non-hydrogen) atoms. The van der Waals surface area contributed by atoms with Crippen molar-refractivity contribution in [3.63, 3.8) is 0 Å². The van der Waals surface area contributed by atoms with Crippen LogP contribution in [-0.4, -0.2) is 36.7 Å². The second-order valence-electron chi connectivity index (χ2n) is 9.36. The molecular formula is C29H33N3. The average Bonchev–Trinajstić information content (AvgIpc) is 3.36. The normalized spacial score (nSPS) is 15.3. The summed E-state index contributed by atoms with van der Waals surface area (Å²) in [6.45, 7) is 3.43. The third kappa shape index (κ3) is 4.44. The number of rotatable bonds is 6. The van der Waals surface area contributed by atoms with Crippen molar-refractivity contribution in [2.24, 2.45) is 5.92 Å². The topological polar surface area (TPSA) is 11.4 Å². The monoisotopic (exact) mass is 423 g/mol. The van der Waals surface area contributed by atoms with Crippen LogP contribution >= 0.6 is 0 Å². The zero-order chi connectivity index (χ0) is 21.9. The highest BCUT2D eigenvalue weighted by Gasteiger charge is 2.20. The van der Waals surface area contributed by atoms with E-state index in [0.29, 0.717) is 0 Å². The molecule has 0 atom stereocenters. The van der Waals surface area contributed by atoms with Crippen LogP contribution < -0.4 is 4.90 Å². The fraction of sp³-hybridized carbons (Fsp3) is 0.310. The van der Waals surface area contributed by atoms with Gasteiger partial charge in [-0.1, -0.05) is 42.5 Å². The van der Waals surface area contributed by atoms with E-state index in [9.17, 15) is 0 Å². The highest BCUT2D eigenvalue weighted by Crippen LogP contribution is 2.30. The number of likely N-dealkylation sites (tertiary alicyclic amines) is 1. The van der Waals surface area contributed by atoms with Crippen molar-refractivity contribution in [1.82, 2.24) is 9.47 Å². The summed E-state index contributed by atoms with van der Waals surface area (Å²) in [4.78, 5) is 4.85. The minimum absolute atomic E-state index is 0.788. The molecule has 0 bridgehead atoms. The number of nitrogens with zero attached hydrogens (tertiary/aromatic N) is 3. The molecule has 0 radical (unpaired) electrons. The van der Waals surface area contributed by atoms with Crippen molar-refractivity contribution >= 4 is 16.5 Å². The van der Waals surface area contributed by atoms with Crippen LogP contribution in [0, 0.1) is 5.92 Å². The Morgan fingerprint density at radius 2 is 1.47 bits per heavy atom. The van der Waals surface area contributed by atoms with Gasteiger partial charge in [0.15, 0.2) is 0 Å². The molecule has 1 aliphatic heterocycles. The van der Waals surface area contributed by atoms with Gasteiger partial charge in [0.2, 0.25) is 0 Å². The molecule has 4 aromatic rings. The highest BCUT2D eigenvalue weighted by molar-refractivity contribution is 5.96. The van der Waals surface area contributed by atoms with Crippen molar-refractivity contribution in [3.8, 4) is 5.69 Å². The second kappa shape index (κ2) is 9.22. The highest BCUT2D eigenvalue weighted by atomic mass is 15.1. The van der Waals surface area contributed by atoms with Gasteiger partial charge in [-0.25, -0.2) is 0 Å². The molecular weight excluding hydrogens is 390 g/mol. The Bertz CT molecular complexity index is 1150. The van der Waals surface area contributed by atoms with Gasteiger partial charge in [0.05, 0.1) is 0 Å². The standard InChI is InChI=1S/C29H33N3/c1-30(2)29-14-11-25(27-7-3-4-8-28(27)29)22-31-19-15-24(16-20-31)21-23-9-12-26(13-10-23)32-17-5-6-18-32/h3-14,17-18,24H,15-16,19-22H2,1-2H3. The van der Waals surface area contributed by atoms with Crippen LogP contribution in [0.5, 0.6) is 0 Å². The molecule has 0 amide bonds. The maximum absolute atomic E-state index is 2.64. The second-order valence-corrected chi connectivity index (χ2v) is 9.36.